The highest BCUT2D eigenvalue weighted by molar-refractivity contribution is 6.30. The number of halogens is 1. The number of aryl methyl sites for hydroxylation is 2. The van der Waals surface area contributed by atoms with E-state index in [1.165, 1.54) is 16.8 Å². The van der Waals surface area contributed by atoms with Crippen LogP contribution in [0, 0.1) is 13.8 Å². The van der Waals surface area contributed by atoms with Crippen LogP contribution in [0.2, 0.25) is 5.02 Å². The van der Waals surface area contributed by atoms with Gasteiger partial charge >= 0.3 is 0 Å². The maximum Gasteiger partial charge on any atom is 0.247 e. The van der Waals surface area contributed by atoms with Crippen molar-refractivity contribution >= 4 is 17.3 Å². The van der Waals surface area contributed by atoms with Gasteiger partial charge in [0.1, 0.15) is 0 Å². The molecule has 4 rings (SSSR count). The topological polar surface area (TPSA) is 45.4 Å². The van der Waals surface area contributed by atoms with Crippen LogP contribution < -0.4 is 4.90 Å². The molecule has 27 heavy (non-hydrogen) atoms. The van der Waals surface area contributed by atoms with Crippen molar-refractivity contribution in [3.05, 3.63) is 64.5 Å². The minimum absolute atomic E-state index is 0.515. The normalized spacial score (nSPS) is 15.3. The highest BCUT2D eigenvalue weighted by Gasteiger charge is 2.20. The monoisotopic (exact) mass is 382 g/mol. The predicted molar refractivity (Wildman–Crippen MR) is 108 cm³/mol. The lowest BCUT2D eigenvalue weighted by molar-refractivity contribution is 0.227. The fourth-order valence-electron chi connectivity index (χ4n) is 3.55. The number of hydrogen-bond donors (Lipinski definition) is 0. The van der Waals surface area contributed by atoms with Gasteiger partial charge in [0.15, 0.2) is 0 Å². The summed E-state index contributed by atoms with van der Waals surface area (Å²) in [6.07, 6.45) is 0. The smallest absolute Gasteiger partial charge is 0.247 e. The average Bonchev–Trinajstić information content (AvgIpc) is 3.11. The summed E-state index contributed by atoms with van der Waals surface area (Å²) in [5, 5.41) is 9.03. The second kappa shape index (κ2) is 7.71. The molecule has 0 radical (unpaired) electrons. The molecule has 3 aromatic rings. The first kappa shape index (κ1) is 18.0. The summed E-state index contributed by atoms with van der Waals surface area (Å²) in [6, 6.07) is 14.1. The third-order valence-corrected chi connectivity index (χ3v) is 5.20. The van der Waals surface area contributed by atoms with Crippen LogP contribution in [0.5, 0.6) is 0 Å². The van der Waals surface area contributed by atoms with E-state index in [4.69, 9.17) is 16.0 Å². The Hall–Kier alpha value is -2.37. The first-order valence-electron chi connectivity index (χ1n) is 9.21. The van der Waals surface area contributed by atoms with Gasteiger partial charge in [-0.2, -0.15) is 0 Å². The average molecular weight is 383 g/mol. The van der Waals surface area contributed by atoms with E-state index in [1.807, 2.05) is 24.3 Å². The van der Waals surface area contributed by atoms with Gasteiger partial charge in [0, 0.05) is 42.5 Å². The Labute approximate surface area is 164 Å². The van der Waals surface area contributed by atoms with Crippen molar-refractivity contribution in [2.75, 3.05) is 31.1 Å². The molecule has 0 atom stereocenters. The number of rotatable bonds is 4. The number of nitrogens with zero attached hydrogens (tertiary/aromatic N) is 4. The second-order valence-electron chi connectivity index (χ2n) is 7.06. The van der Waals surface area contributed by atoms with Crippen molar-refractivity contribution < 1.29 is 4.42 Å². The van der Waals surface area contributed by atoms with Gasteiger partial charge in [-0.15, -0.1) is 10.2 Å². The van der Waals surface area contributed by atoms with Crippen molar-refractivity contribution in [1.82, 2.24) is 15.1 Å². The van der Waals surface area contributed by atoms with Crippen LogP contribution in [0.25, 0.3) is 11.5 Å². The summed E-state index contributed by atoms with van der Waals surface area (Å²) in [5.41, 5.74) is 4.83. The van der Waals surface area contributed by atoms with Crippen LogP contribution in [0.15, 0.2) is 46.9 Å². The second-order valence-corrected chi connectivity index (χ2v) is 7.50. The minimum Gasteiger partial charge on any atom is -0.419 e. The Morgan fingerprint density at radius 2 is 1.81 bits per heavy atom. The lowest BCUT2D eigenvalue weighted by Gasteiger charge is -2.36. The van der Waals surface area contributed by atoms with Crippen molar-refractivity contribution in [2.45, 2.75) is 20.4 Å². The summed E-state index contributed by atoms with van der Waals surface area (Å²) in [5.74, 6) is 1.16. The van der Waals surface area contributed by atoms with Gasteiger partial charge in [-0.3, -0.25) is 4.90 Å². The summed E-state index contributed by atoms with van der Waals surface area (Å²) in [7, 11) is 0. The van der Waals surface area contributed by atoms with Crippen LogP contribution in [0.3, 0.4) is 0 Å². The molecular weight excluding hydrogens is 360 g/mol. The lowest BCUT2D eigenvalue weighted by atomic mass is 10.1. The summed E-state index contributed by atoms with van der Waals surface area (Å²) < 4.78 is 5.84. The zero-order valence-corrected chi connectivity index (χ0v) is 16.4. The molecular formula is C21H23ClN4O. The van der Waals surface area contributed by atoms with Crippen LogP contribution in [0.1, 0.15) is 17.0 Å². The molecule has 1 aliphatic heterocycles. The summed E-state index contributed by atoms with van der Waals surface area (Å²) in [6.45, 7) is 8.94. The Morgan fingerprint density at radius 3 is 2.56 bits per heavy atom. The fourth-order valence-corrected chi connectivity index (χ4v) is 3.74. The van der Waals surface area contributed by atoms with Gasteiger partial charge < -0.3 is 9.32 Å². The lowest BCUT2D eigenvalue weighted by Crippen LogP contribution is -2.46. The summed E-state index contributed by atoms with van der Waals surface area (Å²) in [4.78, 5) is 4.81. The molecule has 0 aliphatic carbocycles. The van der Waals surface area contributed by atoms with E-state index < -0.39 is 0 Å². The maximum absolute atomic E-state index is 6.04. The molecule has 1 aliphatic rings. The molecule has 0 amide bonds. The Morgan fingerprint density at radius 1 is 1.00 bits per heavy atom. The molecule has 6 heteroatoms. The number of aromatic nitrogens is 2. The molecule has 5 nitrogen and oxygen atoms in total. The molecule has 1 aromatic heterocycles. The molecule has 1 fully saturated rings. The molecule has 2 aromatic carbocycles. The number of piperazine rings is 1. The molecule has 1 saturated heterocycles. The highest BCUT2D eigenvalue weighted by atomic mass is 35.5. The van der Waals surface area contributed by atoms with Gasteiger partial charge in [0.2, 0.25) is 11.8 Å². The van der Waals surface area contributed by atoms with Gasteiger partial charge in [0.25, 0.3) is 0 Å². The zero-order valence-electron chi connectivity index (χ0n) is 15.7. The number of hydrogen-bond acceptors (Lipinski definition) is 5. The standard InChI is InChI=1S/C21H23ClN4O/c1-15-6-7-19(16(2)12-15)26-10-8-25(9-11-26)14-20-23-24-21(27-20)17-4-3-5-18(22)13-17/h3-7,12-13H,8-11,14H2,1-2H3. The number of benzene rings is 2. The minimum atomic E-state index is 0.515. The van der Waals surface area contributed by atoms with E-state index in [2.05, 4.69) is 52.0 Å². The molecule has 0 N–H and O–H groups in total. The van der Waals surface area contributed by atoms with Gasteiger partial charge in [-0.05, 0) is 43.7 Å². The van der Waals surface area contributed by atoms with Crippen LogP contribution >= 0.6 is 11.6 Å². The van der Waals surface area contributed by atoms with E-state index in [0.29, 0.717) is 23.3 Å². The molecule has 140 valence electrons. The third-order valence-electron chi connectivity index (χ3n) is 4.96. The first-order valence-corrected chi connectivity index (χ1v) is 9.59. The Kier molecular flexibility index (Phi) is 5.14. The van der Waals surface area contributed by atoms with Gasteiger partial charge in [0.05, 0.1) is 6.54 Å². The predicted octanol–water partition coefficient (Wildman–Crippen LogP) is 4.33. The SMILES string of the molecule is Cc1ccc(N2CCN(Cc3nnc(-c4cccc(Cl)c4)o3)CC2)c(C)c1. The first-order chi connectivity index (χ1) is 13.1. The molecule has 0 spiro atoms. The van der Waals surface area contributed by atoms with E-state index in [1.54, 1.807) is 0 Å². The third kappa shape index (κ3) is 4.15. The van der Waals surface area contributed by atoms with E-state index in [-0.39, 0.29) is 0 Å². The van der Waals surface area contributed by atoms with Crippen LogP contribution in [-0.2, 0) is 6.54 Å². The molecule has 0 unspecified atom stereocenters. The summed E-state index contributed by atoms with van der Waals surface area (Å²) >= 11 is 6.04. The Bertz CT molecular complexity index is 931. The maximum atomic E-state index is 6.04. The van der Waals surface area contributed by atoms with Crippen molar-refractivity contribution in [3.8, 4) is 11.5 Å². The van der Waals surface area contributed by atoms with Crippen LogP contribution in [-0.4, -0.2) is 41.3 Å². The van der Waals surface area contributed by atoms with E-state index in [0.717, 1.165) is 31.7 Å². The van der Waals surface area contributed by atoms with Gasteiger partial charge in [-0.25, -0.2) is 0 Å². The van der Waals surface area contributed by atoms with E-state index in [9.17, 15) is 0 Å². The number of anilines is 1. The van der Waals surface area contributed by atoms with Crippen LogP contribution in [0.4, 0.5) is 5.69 Å². The van der Waals surface area contributed by atoms with Crippen molar-refractivity contribution in [1.29, 1.82) is 0 Å². The Balaban J connectivity index is 1.37. The highest BCUT2D eigenvalue weighted by Crippen LogP contribution is 2.24. The van der Waals surface area contributed by atoms with Crippen molar-refractivity contribution in [2.24, 2.45) is 0 Å². The molecule has 0 bridgehead atoms. The van der Waals surface area contributed by atoms with E-state index >= 15 is 0 Å². The molecule has 0 saturated carbocycles. The fraction of sp³-hybridized carbons (Fsp3) is 0.333. The zero-order chi connectivity index (χ0) is 18.8. The van der Waals surface area contributed by atoms with Crippen molar-refractivity contribution in [3.63, 3.8) is 0 Å². The largest absolute Gasteiger partial charge is 0.419 e. The molecule has 2 heterocycles. The quantitative estimate of drug-likeness (QED) is 0.672. The van der Waals surface area contributed by atoms with Gasteiger partial charge in [-0.1, -0.05) is 35.4 Å².